The van der Waals surface area contributed by atoms with Crippen molar-refractivity contribution in [2.45, 2.75) is 91.4 Å². The topological polar surface area (TPSA) is 194 Å². The summed E-state index contributed by atoms with van der Waals surface area (Å²) in [5.41, 5.74) is 10.9. The molecule has 0 rings (SSSR count). The predicted octanol–water partition coefficient (Wildman–Crippen LogP) is -0.134. The van der Waals surface area contributed by atoms with Crippen molar-refractivity contribution in [3.8, 4) is 0 Å². The zero-order valence-electron chi connectivity index (χ0n) is 20.5. The highest BCUT2D eigenvalue weighted by Gasteiger charge is 2.32. The minimum absolute atomic E-state index is 0.0312. The minimum Gasteiger partial charge on any atom is -0.480 e. The fourth-order valence-electron chi connectivity index (χ4n) is 3.15. The third-order valence-corrected chi connectivity index (χ3v) is 4.95. The molecule has 0 saturated heterocycles. The average Bonchev–Trinajstić information content (AvgIpc) is 2.67. The first-order chi connectivity index (χ1) is 15.1. The fourth-order valence-corrected chi connectivity index (χ4v) is 3.15. The third-order valence-electron chi connectivity index (χ3n) is 4.95. The van der Waals surface area contributed by atoms with Crippen molar-refractivity contribution in [3.63, 3.8) is 0 Å². The van der Waals surface area contributed by atoms with E-state index in [9.17, 15) is 29.1 Å². The summed E-state index contributed by atoms with van der Waals surface area (Å²) in [4.78, 5) is 60.7. The summed E-state index contributed by atoms with van der Waals surface area (Å²) in [5.74, 6) is -3.81. The van der Waals surface area contributed by atoms with Crippen LogP contribution in [-0.2, 0) is 24.0 Å². The second-order valence-electron chi connectivity index (χ2n) is 9.56. The van der Waals surface area contributed by atoms with Crippen LogP contribution in [0.2, 0.25) is 0 Å². The molecule has 4 atom stereocenters. The van der Waals surface area contributed by atoms with Crippen LogP contribution < -0.4 is 27.4 Å². The van der Waals surface area contributed by atoms with Gasteiger partial charge in [-0.1, -0.05) is 41.5 Å². The van der Waals surface area contributed by atoms with Crippen molar-refractivity contribution in [2.24, 2.45) is 29.2 Å². The van der Waals surface area contributed by atoms with Gasteiger partial charge in [0.05, 0.1) is 6.04 Å². The molecule has 4 amide bonds. The summed E-state index contributed by atoms with van der Waals surface area (Å²) < 4.78 is 0. The van der Waals surface area contributed by atoms with Gasteiger partial charge in [0, 0.05) is 6.42 Å². The number of amides is 4. The Morgan fingerprint density at radius 1 is 0.758 bits per heavy atom. The highest BCUT2D eigenvalue weighted by molar-refractivity contribution is 5.94. The quantitative estimate of drug-likeness (QED) is 0.191. The van der Waals surface area contributed by atoms with Crippen LogP contribution in [0.5, 0.6) is 0 Å². The molecule has 0 heterocycles. The SMILES string of the molecule is CC(C)CC(NC(=O)C(N)CCC(N)=O)C(=O)NC(CC(C)C)C(=O)NC(C(=O)O)C(C)C. The molecular formula is C22H41N5O6. The standard InChI is InChI=1S/C22H41N5O6/c1-11(2)9-15(25-19(29)14(23)7-8-17(24)28)20(30)26-16(10-12(3)4)21(31)27-18(13(5)6)22(32)33/h11-16,18H,7-10,23H2,1-6H3,(H2,24,28)(H,25,29)(H,26,30)(H,27,31)(H,32,33). The number of rotatable bonds is 15. The number of nitrogens with one attached hydrogen (secondary N) is 3. The van der Waals surface area contributed by atoms with E-state index < -0.39 is 53.8 Å². The minimum atomic E-state index is -1.16. The number of carbonyl (C=O) groups excluding carboxylic acids is 4. The highest BCUT2D eigenvalue weighted by Crippen LogP contribution is 2.11. The Balaban J connectivity index is 5.47. The van der Waals surface area contributed by atoms with Crippen LogP contribution >= 0.6 is 0 Å². The smallest absolute Gasteiger partial charge is 0.326 e. The van der Waals surface area contributed by atoms with Gasteiger partial charge in [0.2, 0.25) is 23.6 Å². The summed E-state index contributed by atoms with van der Waals surface area (Å²) >= 11 is 0. The fraction of sp³-hybridized carbons (Fsp3) is 0.773. The summed E-state index contributed by atoms with van der Waals surface area (Å²) in [5, 5.41) is 17.1. The summed E-state index contributed by atoms with van der Waals surface area (Å²) in [6.45, 7) is 10.8. The molecule has 0 aliphatic heterocycles. The molecule has 0 aromatic rings. The van der Waals surface area contributed by atoms with Gasteiger partial charge < -0.3 is 32.5 Å². The molecule has 8 N–H and O–H groups in total. The molecule has 0 aromatic heterocycles. The lowest BCUT2D eigenvalue weighted by Crippen LogP contribution is -2.58. The molecule has 0 bridgehead atoms. The van der Waals surface area contributed by atoms with Gasteiger partial charge in [-0.2, -0.15) is 0 Å². The molecule has 33 heavy (non-hydrogen) atoms. The Kier molecular flexibility index (Phi) is 13.3. The Morgan fingerprint density at radius 3 is 1.55 bits per heavy atom. The highest BCUT2D eigenvalue weighted by atomic mass is 16.4. The third kappa shape index (κ3) is 12.2. The van der Waals surface area contributed by atoms with E-state index in [2.05, 4.69) is 16.0 Å². The first kappa shape index (κ1) is 30.3. The maximum Gasteiger partial charge on any atom is 0.326 e. The Labute approximate surface area is 195 Å². The molecular weight excluding hydrogens is 430 g/mol. The van der Waals surface area contributed by atoms with Gasteiger partial charge in [0.1, 0.15) is 18.1 Å². The van der Waals surface area contributed by atoms with Crippen molar-refractivity contribution in [2.75, 3.05) is 0 Å². The van der Waals surface area contributed by atoms with Gasteiger partial charge in [-0.25, -0.2) is 4.79 Å². The Hall–Kier alpha value is -2.69. The van der Waals surface area contributed by atoms with Crippen LogP contribution in [0.25, 0.3) is 0 Å². The van der Waals surface area contributed by atoms with Gasteiger partial charge in [-0.05, 0) is 37.0 Å². The molecule has 0 radical (unpaired) electrons. The van der Waals surface area contributed by atoms with E-state index in [0.717, 1.165) is 0 Å². The molecule has 0 spiro atoms. The lowest BCUT2D eigenvalue weighted by molar-refractivity contribution is -0.143. The van der Waals surface area contributed by atoms with Crippen molar-refractivity contribution in [1.82, 2.24) is 16.0 Å². The monoisotopic (exact) mass is 471 g/mol. The number of carbonyl (C=O) groups is 5. The van der Waals surface area contributed by atoms with Crippen LogP contribution in [0.1, 0.15) is 67.2 Å². The molecule has 0 aliphatic carbocycles. The van der Waals surface area contributed by atoms with Crippen LogP contribution in [0.4, 0.5) is 0 Å². The largest absolute Gasteiger partial charge is 0.480 e. The van der Waals surface area contributed by atoms with E-state index in [1.807, 2.05) is 27.7 Å². The zero-order valence-corrected chi connectivity index (χ0v) is 20.5. The summed E-state index contributed by atoms with van der Waals surface area (Å²) in [6, 6.07) is -4.05. The van der Waals surface area contributed by atoms with Crippen LogP contribution in [0, 0.1) is 17.8 Å². The van der Waals surface area contributed by atoms with Crippen molar-refractivity contribution in [3.05, 3.63) is 0 Å². The van der Waals surface area contributed by atoms with Crippen LogP contribution in [0.15, 0.2) is 0 Å². The Bertz CT molecular complexity index is 695. The number of carboxylic acid groups (broad SMARTS) is 1. The van der Waals surface area contributed by atoms with Gasteiger partial charge in [0.25, 0.3) is 0 Å². The number of carboxylic acids is 1. The number of nitrogens with two attached hydrogens (primary N) is 2. The molecule has 0 saturated carbocycles. The number of hydrogen-bond acceptors (Lipinski definition) is 6. The second kappa shape index (κ2) is 14.5. The lowest BCUT2D eigenvalue weighted by Gasteiger charge is -2.27. The van der Waals surface area contributed by atoms with E-state index >= 15 is 0 Å². The molecule has 0 aromatic carbocycles. The second-order valence-corrected chi connectivity index (χ2v) is 9.56. The van der Waals surface area contributed by atoms with Gasteiger partial charge in [0.15, 0.2) is 0 Å². The van der Waals surface area contributed by atoms with E-state index in [4.69, 9.17) is 11.5 Å². The van der Waals surface area contributed by atoms with Crippen molar-refractivity contribution in [1.29, 1.82) is 0 Å². The zero-order chi connectivity index (χ0) is 25.9. The van der Waals surface area contributed by atoms with E-state index in [0.29, 0.717) is 6.42 Å². The maximum absolute atomic E-state index is 13.0. The lowest BCUT2D eigenvalue weighted by atomic mass is 9.98. The van der Waals surface area contributed by atoms with E-state index in [-0.39, 0.29) is 37.0 Å². The van der Waals surface area contributed by atoms with Crippen LogP contribution in [0.3, 0.4) is 0 Å². The molecule has 0 aliphatic rings. The first-order valence-electron chi connectivity index (χ1n) is 11.3. The molecule has 190 valence electrons. The summed E-state index contributed by atoms with van der Waals surface area (Å²) in [6.07, 6.45) is 0.552. The van der Waals surface area contributed by atoms with Crippen molar-refractivity contribution >= 4 is 29.6 Å². The van der Waals surface area contributed by atoms with E-state index in [1.165, 1.54) is 0 Å². The van der Waals surface area contributed by atoms with Crippen LogP contribution in [-0.4, -0.2) is 58.9 Å². The van der Waals surface area contributed by atoms with Gasteiger partial charge in [-0.15, -0.1) is 0 Å². The van der Waals surface area contributed by atoms with Gasteiger partial charge >= 0.3 is 5.97 Å². The van der Waals surface area contributed by atoms with Crippen molar-refractivity contribution < 1.29 is 29.1 Å². The first-order valence-corrected chi connectivity index (χ1v) is 11.3. The van der Waals surface area contributed by atoms with E-state index in [1.54, 1.807) is 13.8 Å². The number of hydrogen-bond donors (Lipinski definition) is 6. The number of aliphatic carboxylic acids is 1. The molecule has 4 unspecified atom stereocenters. The summed E-state index contributed by atoms with van der Waals surface area (Å²) in [7, 11) is 0. The average molecular weight is 472 g/mol. The predicted molar refractivity (Wildman–Crippen MR) is 124 cm³/mol. The Morgan fingerprint density at radius 2 is 1.18 bits per heavy atom. The normalized spacial score (nSPS) is 15.0. The molecule has 0 fully saturated rings. The molecule has 11 heteroatoms. The number of primary amides is 1. The maximum atomic E-state index is 13.0. The van der Waals surface area contributed by atoms with Gasteiger partial charge in [-0.3, -0.25) is 19.2 Å². The molecule has 11 nitrogen and oxygen atoms in total.